The van der Waals surface area contributed by atoms with Crippen molar-refractivity contribution >= 4 is 45.6 Å². The maximum Gasteiger partial charge on any atom is 0.233 e. The molecule has 4 nitrogen and oxygen atoms in total. The number of benzene rings is 1. The monoisotopic (exact) mass is 384 g/mol. The highest BCUT2D eigenvalue weighted by atomic mass is 35.5. The fourth-order valence-corrected chi connectivity index (χ4v) is 4.03. The Balaban J connectivity index is 1.84. The SMILES string of the molecule is O=C(Nc1nccs1)C(CC1CCCC1O)c1ccc(Cl)c(Cl)c1. The van der Waals surface area contributed by atoms with Crippen molar-refractivity contribution < 1.29 is 9.90 Å². The van der Waals surface area contributed by atoms with Gasteiger partial charge >= 0.3 is 0 Å². The molecule has 7 heteroatoms. The first kappa shape index (κ1) is 17.7. The Morgan fingerprint density at radius 2 is 2.21 bits per heavy atom. The molecule has 1 aromatic carbocycles. The number of halogens is 2. The van der Waals surface area contributed by atoms with Crippen LogP contribution in [0.5, 0.6) is 0 Å². The number of hydrogen-bond donors (Lipinski definition) is 2. The summed E-state index contributed by atoms with van der Waals surface area (Å²) in [5.41, 5.74) is 0.803. The zero-order valence-electron chi connectivity index (χ0n) is 12.9. The highest BCUT2D eigenvalue weighted by molar-refractivity contribution is 7.13. The maximum absolute atomic E-state index is 12.8. The minimum absolute atomic E-state index is 0.117. The van der Waals surface area contributed by atoms with Gasteiger partial charge in [-0.05, 0) is 42.9 Å². The topological polar surface area (TPSA) is 62.2 Å². The van der Waals surface area contributed by atoms with Crippen LogP contribution in [0.25, 0.3) is 0 Å². The van der Waals surface area contributed by atoms with Gasteiger partial charge in [-0.15, -0.1) is 11.3 Å². The lowest BCUT2D eigenvalue weighted by molar-refractivity contribution is -0.118. The molecular formula is C17H18Cl2N2O2S. The predicted octanol–water partition coefficient (Wildman–Crippen LogP) is 4.72. The van der Waals surface area contributed by atoms with Gasteiger partial charge in [0.05, 0.1) is 22.1 Å². The van der Waals surface area contributed by atoms with Crippen LogP contribution in [0.4, 0.5) is 5.13 Å². The molecule has 2 N–H and O–H groups in total. The quantitative estimate of drug-likeness (QED) is 0.783. The van der Waals surface area contributed by atoms with E-state index in [0.717, 1.165) is 24.8 Å². The number of amides is 1. The number of hydrogen-bond acceptors (Lipinski definition) is 4. The zero-order valence-corrected chi connectivity index (χ0v) is 15.2. The Kier molecular flexibility index (Phi) is 5.76. The second-order valence-corrected chi connectivity index (χ2v) is 7.76. The third-order valence-electron chi connectivity index (χ3n) is 4.48. The van der Waals surface area contributed by atoms with Crippen molar-refractivity contribution in [1.29, 1.82) is 0 Å². The van der Waals surface area contributed by atoms with Crippen molar-refractivity contribution in [3.8, 4) is 0 Å². The number of thiazole rings is 1. The van der Waals surface area contributed by atoms with Gasteiger partial charge in [-0.2, -0.15) is 0 Å². The summed E-state index contributed by atoms with van der Waals surface area (Å²) in [5.74, 6) is -0.421. The van der Waals surface area contributed by atoms with Gasteiger partial charge in [-0.3, -0.25) is 4.79 Å². The summed E-state index contributed by atoms with van der Waals surface area (Å²) in [6, 6.07) is 5.26. The predicted molar refractivity (Wildman–Crippen MR) is 97.9 cm³/mol. The minimum Gasteiger partial charge on any atom is -0.393 e. The molecule has 128 valence electrons. The van der Waals surface area contributed by atoms with Crippen LogP contribution in [0.3, 0.4) is 0 Å². The Labute approximate surface area is 154 Å². The smallest absolute Gasteiger partial charge is 0.233 e. The van der Waals surface area contributed by atoms with Crippen LogP contribution >= 0.6 is 34.5 Å². The normalized spacial score (nSPS) is 21.6. The lowest BCUT2D eigenvalue weighted by Crippen LogP contribution is -2.26. The largest absolute Gasteiger partial charge is 0.393 e. The third kappa shape index (κ3) is 4.09. The summed E-state index contributed by atoms with van der Waals surface area (Å²) in [6.07, 6.45) is 4.61. The average Bonchev–Trinajstić information content (AvgIpc) is 3.19. The number of nitrogens with zero attached hydrogens (tertiary/aromatic N) is 1. The number of aliphatic hydroxyl groups excluding tert-OH is 1. The molecule has 0 spiro atoms. The van der Waals surface area contributed by atoms with Crippen LogP contribution in [-0.2, 0) is 4.79 Å². The zero-order chi connectivity index (χ0) is 17.1. The maximum atomic E-state index is 12.8. The van der Waals surface area contributed by atoms with Crippen molar-refractivity contribution in [3.63, 3.8) is 0 Å². The number of aromatic nitrogens is 1. The molecule has 1 saturated carbocycles. The fourth-order valence-electron chi connectivity index (χ4n) is 3.20. The Morgan fingerprint density at radius 1 is 1.38 bits per heavy atom. The highest BCUT2D eigenvalue weighted by Gasteiger charge is 2.32. The van der Waals surface area contributed by atoms with Crippen LogP contribution in [0.1, 0.15) is 37.2 Å². The number of carbonyl (C=O) groups excluding carboxylic acids is 1. The molecule has 1 amide bonds. The van der Waals surface area contributed by atoms with Crippen molar-refractivity contribution in [2.75, 3.05) is 5.32 Å². The number of anilines is 1. The molecule has 3 atom stereocenters. The summed E-state index contributed by atoms with van der Waals surface area (Å²) in [7, 11) is 0. The van der Waals surface area contributed by atoms with E-state index < -0.39 is 5.92 Å². The van der Waals surface area contributed by atoms with E-state index >= 15 is 0 Å². The van der Waals surface area contributed by atoms with E-state index in [4.69, 9.17) is 23.2 Å². The number of nitrogens with one attached hydrogen (secondary N) is 1. The molecule has 0 radical (unpaired) electrons. The summed E-state index contributed by atoms with van der Waals surface area (Å²) in [5, 5.41) is 16.2. The van der Waals surface area contributed by atoms with Crippen LogP contribution in [0.15, 0.2) is 29.8 Å². The Morgan fingerprint density at radius 3 is 2.83 bits per heavy atom. The van der Waals surface area contributed by atoms with E-state index in [9.17, 15) is 9.90 Å². The van der Waals surface area contributed by atoms with E-state index in [1.165, 1.54) is 11.3 Å². The lowest BCUT2D eigenvalue weighted by atomic mass is 9.86. The van der Waals surface area contributed by atoms with E-state index in [0.29, 0.717) is 21.6 Å². The molecular weight excluding hydrogens is 367 g/mol. The standard InChI is InChI=1S/C17H18Cl2N2O2S/c18-13-5-4-10(9-14(13)19)12(8-11-2-1-3-15(11)22)16(23)21-17-20-6-7-24-17/h4-7,9,11-12,15,22H,1-3,8H2,(H,20,21,23). The van der Waals surface area contributed by atoms with E-state index in [2.05, 4.69) is 10.3 Å². The first-order valence-electron chi connectivity index (χ1n) is 7.88. The van der Waals surface area contributed by atoms with Gasteiger partial charge in [-0.1, -0.05) is 35.7 Å². The van der Waals surface area contributed by atoms with E-state index in [-0.39, 0.29) is 17.9 Å². The number of carbonyl (C=O) groups is 1. The lowest BCUT2D eigenvalue weighted by Gasteiger charge is -2.22. The van der Waals surface area contributed by atoms with Gasteiger partial charge in [0.15, 0.2) is 5.13 Å². The number of aliphatic hydroxyl groups is 1. The summed E-state index contributed by atoms with van der Waals surface area (Å²) < 4.78 is 0. The minimum atomic E-state index is -0.401. The van der Waals surface area contributed by atoms with E-state index in [1.54, 1.807) is 18.3 Å². The molecule has 1 heterocycles. The van der Waals surface area contributed by atoms with Crippen molar-refractivity contribution in [2.45, 2.75) is 37.7 Å². The van der Waals surface area contributed by atoms with Crippen molar-refractivity contribution in [3.05, 3.63) is 45.4 Å². The molecule has 0 aliphatic heterocycles. The van der Waals surface area contributed by atoms with Gasteiger partial charge in [0.1, 0.15) is 0 Å². The molecule has 1 aromatic heterocycles. The van der Waals surface area contributed by atoms with Gasteiger partial charge in [0.25, 0.3) is 0 Å². The van der Waals surface area contributed by atoms with Crippen LogP contribution in [-0.4, -0.2) is 22.1 Å². The van der Waals surface area contributed by atoms with Crippen LogP contribution in [0.2, 0.25) is 10.0 Å². The Hall–Kier alpha value is -1.14. The second-order valence-electron chi connectivity index (χ2n) is 6.05. The number of rotatable bonds is 5. The van der Waals surface area contributed by atoms with Crippen LogP contribution in [0, 0.1) is 5.92 Å². The van der Waals surface area contributed by atoms with Gasteiger partial charge in [0, 0.05) is 11.6 Å². The van der Waals surface area contributed by atoms with Gasteiger partial charge in [0.2, 0.25) is 5.91 Å². The summed E-state index contributed by atoms with van der Waals surface area (Å²) in [4.78, 5) is 16.9. The molecule has 1 fully saturated rings. The third-order valence-corrected chi connectivity index (χ3v) is 5.91. The molecule has 24 heavy (non-hydrogen) atoms. The first-order valence-corrected chi connectivity index (χ1v) is 9.51. The fraction of sp³-hybridized carbons (Fsp3) is 0.412. The molecule has 1 aliphatic carbocycles. The van der Waals surface area contributed by atoms with Gasteiger partial charge < -0.3 is 10.4 Å². The molecule has 0 saturated heterocycles. The molecule has 1 aliphatic rings. The Bertz CT molecular complexity index is 709. The van der Waals surface area contributed by atoms with Crippen LogP contribution < -0.4 is 5.32 Å². The molecule has 3 unspecified atom stereocenters. The summed E-state index contributed by atoms with van der Waals surface area (Å²) in [6.45, 7) is 0. The molecule has 3 rings (SSSR count). The molecule has 0 bridgehead atoms. The van der Waals surface area contributed by atoms with Gasteiger partial charge in [-0.25, -0.2) is 4.98 Å². The second kappa shape index (κ2) is 7.83. The van der Waals surface area contributed by atoms with E-state index in [1.807, 2.05) is 11.4 Å². The summed E-state index contributed by atoms with van der Waals surface area (Å²) >= 11 is 13.5. The first-order chi connectivity index (χ1) is 11.5. The molecule has 2 aromatic rings. The van der Waals surface area contributed by atoms with Crippen molar-refractivity contribution in [1.82, 2.24) is 4.98 Å². The average molecular weight is 385 g/mol. The highest BCUT2D eigenvalue weighted by Crippen LogP contribution is 2.36. The van der Waals surface area contributed by atoms with Crippen molar-refractivity contribution in [2.24, 2.45) is 5.92 Å².